The predicted octanol–water partition coefficient (Wildman–Crippen LogP) is 4.98. The fraction of sp³-hybridized carbons (Fsp3) is 0.360. The van der Waals surface area contributed by atoms with Crippen molar-refractivity contribution in [2.45, 2.75) is 32.1 Å². The lowest BCUT2D eigenvalue weighted by atomic mass is 10.1. The Morgan fingerprint density at radius 1 is 0.944 bits per heavy atom. The van der Waals surface area contributed by atoms with Crippen LogP contribution in [0, 0.1) is 6.92 Å². The summed E-state index contributed by atoms with van der Waals surface area (Å²) in [6, 6.07) is 16.3. The van der Waals surface area contributed by atoms with E-state index in [-0.39, 0.29) is 17.9 Å². The van der Waals surface area contributed by atoms with Gasteiger partial charge in [0, 0.05) is 42.1 Å². The first kappa shape index (κ1) is 24.4. The van der Waals surface area contributed by atoms with Crippen LogP contribution in [0.15, 0.2) is 60.8 Å². The molecule has 1 aliphatic heterocycles. The van der Waals surface area contributed by atoms with Crippen molar-refractivity contribution in [3.63, 3.8) is 0 Å². The summed E-state index contributed by atoms with van der Waals surface area (Å²) < 4.78 is 42.6. The van der Waals surface area contributed by atoms with E-state index in [9.17, 15) is 13.2 Å². The van der Waals surface area contributed by atoms with Crippen LogP contribution in [0.1, 0.15) is 45.7 Å². The van der Waals surface area contributed by atoms with Crippen LogP contribution in [-0.2, 0) is 6.18 Å². The lowest BCUT2D eigenvalue weighted by Gasteiger charge is -2.39. The topological polar surface area (TPSA) is 63.0 Å². The summed E-state index contributed by atoms with van der Waals surface area (Å²) in [4.78, 5) is 10.3. The largest absolute Gasteiger partial charge is 0.419 e. The van der Waals surface area contributed by atoms with Crippen molar-refractivity contribution in [3.8, 4) is 0 Å². The molecule has 5 rings (SSSR count). The molecule has 3 aromatic heterocycles. The third-order valence-electron chi connectivity index (χ3n) is 6.51. The maximum atomic E-state index is 13.6. The number of piperazine rings is 1. The molecule has 1 aliphatic rings. The molecule has 0 amide bonds. The van der Waals surface area contributed by atoms with Gasteiger partial charge in [-0.25, -0.2) is 9.67 Å². The molecular weight excluding hydrogens is 487 g/mol. The van der Waals surface area contributed by atoms with Crippen molar-refractivity contribution in [3.05, 3.63) is 87.5 Å². The molecule has 0 spiro atoms. The average molecular weight is 514 g/mol. The second-order valence-electron chi connectivity index (χ2n) is 8.81. The highest BCUT2D eigenvalue weighted by Crippen LogP contribution is 2.37. The van der Waals surface area contributed by atoms with Gasteiger partial charge in [-0.1, -0.05) is 30.3 Å². The van der Waals surface area contributed by atoms with Crippen LogP contribution >= 0.6 is 11.3 Å². The zero-order chi connectivity index (χ0) is 25.3. The third-order valence-corrected chi connectivity index (χ3v) is 7.57. The summed E-state index contributed by atoms with van der Waals surface area (Å²) in [5.41, 5.74) is 0.385. The van der Waals surface area contributed by atoms with Crippen LogP contribution in [0.2, 0.25) is 0 Å². The molecule has 0 saturated carbocycles. The van der Waals surface area contributed by atoms with E-state index >= 15 is 0 Å². The van der Waals surface area contributed by atoms with E-state index in [4.69, 9.17) is 0 Å². The van der Waals surface area contributed by atoms with Crippen molar-refractivity contribution in [1.82, 2.24) is 30.1 Å². The van der Waals surface area contributed by atoms with E-state index in [0.717, 1.165) is 22.3 Å². The van der Waals surface area contributed by atoms with Gasteiger partial charge in [-0.3, -0.25) is 4.90 Å². The van der Waals surface area contributed by atoms with Gasteiger partial charge in [0.05, 0.1) is 11.6 Å². The molecule has 4 heterocycles. The van der Waals surface area contributed by atoms with E-state index in [1.165, 1.54) is 17.1 Å². The fourth-order valence-corrected chi connectivity index (χ4v) is 5.67. The molecule has 0 bridgehead atoms. The number of alkyl halides is 3. The van der Waals surface area contributed by atoms with Gasteiger partial charge in [-0.05, 0) is 54.1 Å². The molecule has 36 heavy (non-hydrogen) atoms. The van der Waals surface area contributed by atoms with E-state index in [1.807, 2.05) is 35.0 Å². The van der Waals surface area contributed by atoms with Crippen molar-refractivity contribution in [2.24, 2.45) is 0 Å². The van der Waals surface area contributed by atoms with Crippen LogP contribution in [0.25, 0.3) is 0 Å². The van der Waals surface area contributed by atoms with E-state index in [1.54, 1.807) is 16.2 Å². The number of rotatable bonds is 6. The van der Waals surface area contributed by atoms with Gasteiger partial charge in [-0.15, -0.1) is 16.4 Å². The average Bonchev–Trinajstić information content (AvgIpc) is 3.54. The zero-order valence-electron chi connectivity index (χ0n) is 19.9. The van der Waals surface area contributed by atoms with Gasteiger partial charge >= 0.3 is 6.18 Å². The standard InChI is InChI=1S/C25H26F3N7S/c1-17-10-11-21(36-17)22(24-30-31-32-35(24)18(2)19-7-4-3-5-8-19)33-13-15-34(16-14-33)23-20(25(26,27)28)9-6-12-29-23/h3-12,18,22H,13-16H2,1-2H3/t18-,22?/m0/s1. The number of anilines is 1. The van der Waals surface area contributed by atoms with Crippen molar-refractivity contribution >= 4 is 17.2 Å². The van der Waals surface area contributed by atoms with Gasteiger partial charge in [0.15, 0.2) is 5.82 Å². The predicted molar refractivity (Wildman–Crippen MR) is 132 cm³/mol. The Hall–Kier alpha value is -3.31. The van der Waals surface area contributed by atoms with Crippen molar-refractivity contribution in [2.75, 3.05) is 31.1 Å². The normalized spacial score (nSPS) is 16.8. The number of hydrogen-bond acceptors (Lipinski definition) is 7. The number of aromatic nitrogens is 5. The monoisotopic (exact) mass is 513 g/mol. The molecule has 1 aromatic carbocycles. The van der Waals surface area contributed by atoms with E-state index in [2.05, 4.69) is 51.4 Å². The summed E-state index contributed by atoms with van der Waals surface area (Å²) in [5.74, 6) is 0.700. The zero-order valence-corrected chi connectivity index (χ0v) is 20.7. The number of benzene rings is 1. The number of hydrogen-bond donors (Lipinski definition) is 0. The maximum Gasteiger partial charge on any atom is 0.419 e. The van der Waals surface area contributed by atoms with Crippen LogP contribution in [0.4, 0.5) is 19.0 Å². The van der Waals surface area contributed by atoms with Gasteiger partial charge in [-0.2, -0.15) is 13.2 Å². The highest BCUT2D eigenvalue weighted by molar-refractivity contribution is 7.12. The van der Waals surface area contributed by atoms with Crippen LogP contribution < -0.4 is 4.90 Å². The van der Waals surface area contributed by atoms with Gasteiger partial charge in [0.25, 0.3) is 0 Å². The minimum absolute atomic E-state index is 0.0179. The summed E-state index contributed by atoms with van der Waals surface area (Å²) in [6.45, 7) is 6.03. The number of thiophene rings is 1. The number of nitrogens with zero attached hydrogens (tertiary/aromatic N) is 7. The number of aryl methyl sites for hydroxylation is 1. The molecule has 2 atom stereocenters. The molecule has 1 fully saturated rings. The second-order valence-corrected chi connectivity index (χ2v) is 10.1. The smallest absolute Gasteiger partial charge is 0.354 e. The van der Waals surface area contributed by atoms with Gasteiger partial charge in [0.2, 0.25) is 0 Å². The van der Waals surface area contributed by atoms with Crippen LogP contribution in [-0.4, -0.2) is 56.3 Å². The maximum absolute atomic E-state index is 13.6. The summed E-state index contributed by atoms with van der Waals surface area (Å²) in [6.07, 6.45) is -3.04. The number of pyridine rings is 1. The molecule has 4 aromatic rings. The molecule has 1 unspecified atom stereocenters. The minimum Gasteiger partial charge on any atom is -0.354 e. The Morgan fingerprint density at radius 3 is 2.36 bits per heavy atom. The number of tetrazole rings is 1. The number of halogens is 3. The first-order chi connectivity index (χ1) is 17.3. The Morgan fingerprint density at radius 2 is 1.69 bits per heavy atom. The Balaban J connectivity index is 1.44. The highest BCUT2D eigenvalue weighted by Gasteiger charge is 2.38. The fourth-order valence-electron chi connectivity index (χ4n) is 4.66. The van der Waals surface area contributed by atoms with Gasteiger partial charge in [0.1, 0.15) is 11.9 Å². The SMILES string of the molecule is Cc1ccc(C(c2nnnn2[C@@H](C)c2ccccc2)N2CCN(c3ncccc3C(F)(F)F)CC2)s1. The van der Waals surface area contributed by atoms with Crippen LogP contribution in [0.5, 0.6) is 0 Å². The lowest BCUT2D eigenvalue weighted by molar-refractivity contribution is -0.137. The molecule has 1 saturated heterocycles. The molecular formula is C25H26F3N7S. The first-order valence-corrected chi connectivity index (χ1v) is 12.5. The molecule has 0 aliphatic carbocycles. The molecule has 0 N–H and O–H groups in total. The van der Waals surface area contributed by atoms with Crippen LogP contribution in [0.3, 0.4) is 0 Å². The van der Waals surface area contributed by atoms with E-state index in [0.29, 0.717) is 26.2 Å². The van der Waals surface area contributed by atoms with Crippen molar-refractivity contribution < 1.29 is 13.2 Å². The Kier molecular flexibility index (Phi) is 6.76. The lowest BCUT2D eigenvalue weighted by Crippen LogP contribution is -2.49. The second kappa shape index (κ2) is 9.98. The molecule has 188 valence electrons. The Bertz CT molecular complexity index is 1300. The highest BCUT2D eigenvalue weighted by atomic mass is 32.1. The Labute approximate surface area is 211 Å². The van der Waals surface area contributed by atoms with Crippen molar-refractivity contribution in [1.29, 1.82) is 0 Å². The summed E-state index contributed by atoms with van der Waals surface area (Å²) in [5, 5.41) is 12.8. The summed E-state index contributed by atoms with van der Waals surface area (Å²) >= 11 is 1.68. The minimum atomic E-state index is -4.45. The third kappa shape index (κ3) is 4.85. The van der Waals surface area contributed by atoms with E-state index < -0.39 is 11.7 Å². The van der Waals surface area contributed by atoms with Gasteiger partial charge < -0.3 is 4.90 Å². The quantitative estimate of drug-likeness (QED) is 0.363. The first-order valence-electron chi connectivity index (χ1n) is 11.7. The molecule has 7 nitrogen and oxygen atoms in total. The molecule has 11 heteroatoms. The summed E-state index contributed by atoms with van der Waals surface area (Å²) in [7, 11) is 0. The molecule has 0 radical (unpaired) electrons.